The molecular weight excluding hydrogens is 204 g/mol. The Morgan fingerprint density at radius 2 is 2.12 bits per heavy atom. The Kier molecular flexibility index (Phi) is 3.24. The van der Waals surface area contributed by atoms with Crippen molar-refractivity contribution in [3.63, 3.8) is 0 Å². The van der Waals surface area contributed by atoms with Crippen molar-refractivity contribution >= 4 is 6.03 Å². The van der Waals surface area contributed by atoms with E-state index in [0.29, 0.717) is 6.04 Å². The monoisotopic (exact) mass is 222 g/mol. The number of aromatic nitrogens is 2. The fraction of sp³-hybridized carbons (Fsp3) is 0.636. The molecule has 0 spiro atoms. The van der Waals surface area contributed by atoms with Crippen LogP contribution in [0.25, 0.3) is 0 Å². The molecule has 2 heterocycles. The van der Waals surface area contributed by atoms with Gasteiger partial charge in [0.25, 0.3) is 0 Å². The van der Waals surface area contributed by atoms with Gasteiger partial charge in [0, 0.05) is 25.5 Å². The van der Waals surface area contributed by atoms with Crippen LogP contribution in [0.4, 0.5) is 4.79 Å². The molecule has 5 nitrogen and oxygen atoms in total. The third-order valence-electron chi connectivity index (χ3n) is 3.26. The van der Waals surface area contributed by atoms with Crippen molar-refractivity contribution in [2.75, 3.05) is 27.2 Å². The van der Waals surface area contributed by atoms with Crippen molar-refractivity contribution in [1.29, 1.82) is 0 Å². The van der Waals surface area contributed by atoms with Crippen molar-refractivity contribution in [3.05, 3.63) is 18.7 Å². The van der Waals surface area contributed by atoms with Crippen molar-refractivity contribution < 1.29 is 4.79 Å². The number of imidazole rings is 1. The molecule has 1 aliphatic rings. The smallest absolute Gasteiger partial charge is 0.324 e. The lowest BCUT2D eigenvalue weighted by molar-refractivity contribution is 0.149. The van der Waals surface area contributed by atoms with Gasteiger partial charge in [-0.3, -0.25) is 4.57 Å². The molecule has 0 unspecified atom stereocenters. The molecule has 0 saturated carbocycles. The van der Waals surface area contributed by atoms with Gasteiger partial charge in [0.05, 0.1) is 0 Å². The summed E-state index contributed by atoms with van der Waals surface area (Å²) in [6, 6.07) is 0.359. The number of nitrogens with zero attached hydrogens (tertiary/aromatic N) is 4. The summed E-state index contributed by atoms with van der Waals surface area (Å²) in [5, 5.41) is 0. The Balaban J connectivity index is 1.97. The molecule has 0 aliphatic carbocycles. The topological polar surface area (TPSA) is 41.4 Å². The van der Waals surface area contributed by atoms with Crippen LogP contribution in [0, 0.1) is 0 Å². The zero-order valence-corrected chi connectivity index (χ0v) is 9.83. The summed E-state index contributed by atoms with van der Waals surface area (Å²) in [4.78, 5) is 20.0. The van der Waals surface area contributed by atoms with Gasteiger partial charge in [0.15, 0.2) is 0 Å². The number of piperidine rings is 1. The number of amides is 1. The number of likely N-dealkylation sites (tertiary alicyclic amines) is 1. The molecule has 1 aromatic rings. The first-order chi connectivity index (χ1) is 7.68. The Morgan fingerprint density at radius 3 is 2.69 bits per heavy atom. The van der Waals surface area contributed by atoms with E-state index in [1.165, 1.54) is 4.57 Å². The number of rotatable bonds is 1. The first kappa shape index (κ1) is 11.1. The van der Waals surface area contributed by atoms with Crippen molar-refractivity contribution in [1.82, 2.24) is 19.4 Å². The minimum atomic E-state index is 0.00653. The van der Waals surface area contributed by atoms with Gasteiger partial charge in [-0.2, -0.15) is 0 Å². The summed E-state index contributed by atoms with van der Waals surface area (Å²) in [6.45, 7) is 2.12. The molecule has 0 bridgehead atoms. The second-order valence-corrected chi connectivity index (χ2v) is 4.40. The molecule has 0 N–H and O–H groups in total. The third kappa shape index (κ3) is 2.24. The fourth-order valence-electron chi connectivity index (χ4n) is 2.09. The van der Waals surface area contributed by atoms with Gasteiger partial charge in [-0.25, -0.2) is 9.78 Å². The largest absolute Gasteiger partial charge is 0.329 e. The van der Waals surface area contributed by atoms with Crippen LogP contribution in [-0.4, -0.2) is 58.6 Å². The molecule has 5 heteroatoms. The van der Waals surface area contributed by atoms with Gasteiger partial charge in [0.1, 0.15) is 6.33 Å². The minimum Gasteiger partial charge on any atom is -0.324 e. The molecular formula is C11H18N4O. The predicted molar refractivity (Wildman–Crippen MR) is 61.3 cm³/mol. The average molecular weight is 222 g/mol. The van der Waals surface area contributed by atoms with Crippen LogP contribution >= 0.6 is 0 Å². The highest BCUT2D eigenvalue weighted by Crippen LogP contribution is 2.14. The van der Waals surface area contributed by atoms with Crippen LogP contribution in [0.2, 0.25) is 0 Å². The van der Waals surface area contributed by atoms with E-state index in [1.807, 2.05) is 11.9 Å². The van der Waals surface area contributed by atoms with Crippen LogP contribution in [0.5, 0.6) is 0 Å². The summed E-state index contributed by atoms with van der Waals surface area (Å²) in [5.41, 5.74) is 0. The SMILES string of the molecule is CN1CCC(N(C)C(=O)n2ccnc2)CC1. The van der Waals surface area contributed by atoms with Gasteiger partial charge in [-0.05, 0) is 33.0 Å². The molecule has 16 heavy (non-hydrogen) atoms. The Bertz CT molecular complexity index is 341. The van der Waals surface area contributed by atoms with Crippen LogP contribution in [-0.2, 0) is 0 Å². The van der Waals surface area contributed by atoms with E-state index in [9.17, 15) is 4.79 Å². The van der Waals surface area contributed by atoms with Gasteiger partial charge >= 0.3 is 6.03 Å². The molecule has 1 amide bonds. The van der Waals surface area contributed by atoms with E-state index >= 15 is 0 Å². The van der Waals surface area contributed by atoms with Crippen LogP contribution in [0.3, 0.4) is 0 Å². The first-order valence-corrected chi connectivity index (χ1v) is 5.62. The lowest BCUT2D eigenvalue weighted by atomic mass is 10.0. The molecule has 1 fully saturated rings. The Morgan fingerprint density at radius 1 is 1.44 bits per heavy atom. The maximum absolute atomic E-state index is 12.0. The fourth-order valence-corrected chi connectivity index (χ4v) is 2.09. The Labute approximate surface area is 95.7 Å². The maximum Gasteiger partial charge on any atom is 0.329 e. The molecule has 1 aliphatic heterocycles. The van der Waals surface area contributed by atoms with Crippen molar-refractivity contribution in [3.8, 4) is 0 Å². The van der Waals surface area contributed by atoms with Crippen LogP contribution in [0.1, 0.15) is 12.8 Å². The summed E-state index contributed by atoms with van der Waals surface area (Å²) < 4.78 is 1.53. The number of hydrogen-bond donors (Lipinski definition) is 0. The van der Waals surface area contributed by atoms with Gasteiger partial charge in [0.2, 0.25) is 0 Å². The zero-order chi connectivity index (χ0) is 11.5. The van der Waals surface area contributed by atoms with Crippen LogP contribution < -0.4 is 0 Å². The Hall–Kier alpha value is -1.36. The maximum atomic E-state index is 12.0. The van der Waals surface area contributed by atoms with Crippen molar-refractivity contribution in [2.45, 2.75) is 18.9 Å². The quantitative estimate of drug-likeness (QED) is 0.708. The number of hydrogen-bond acceptors (Lipinski definition) is 3. The predicted octanol–water partition coefficient (Wildman–Crippen LogP) is 0.877. The summed E-state index contributed by atoms with van der Waals surface area (Å²) in [5.74, 6) is 0. The van der Waals surface area contributed by atoms with Gasteiger partial charge < -0.3 is 9.80 Å². The van der Waals surface area contributed by atoms with E-state index in [2.05, 4.69) is 16.9 Å². The second kappa shape index (κ2) is 4.65. The minimum absolute atomic E-state index is 0.00653. The van der Waals surface area contributed by atoms with Gasteiger partial charge in [-0.1, -0.05) is 0 Å². The second-order valence-electron chi connectivity index (χ2n) is 4.40. The highest BCUT2D eigenvalue weighted by Gasteiger charge is 2.24. The van der Waals surface area contributed by atoms with E-state index in [4.69, 9.17) is 0 Å². The zero-order valence-electron chi connectivity index (χ0n) is 9.83. The van der Waals surface area contributed by atoms with E-state index in [-0.39, 0.29) is 6.03 Å². The molecule has 88 valence electrons. The number of carbonyl (C=O) groups is 1. The highest BCUT2D eigenvalue weighted by molar-refractivity contribution is 5.76. The highest BCUT2D eigenvalue weighted by atomic mass is 16.2. The number of carbonyl (C=O) groups excluding carboxylic acids is 1. The lowest BCUT2D eigenvalue weighted by Crippen LogP contribution is -2.45. The lowest BCUT2D eigenvalue weighted by Gasteiger charge is -2.34. The van der Waals surface area contributed by atoms with E-state index < -0.39 is 0 Å². The third-order valence-corrected chi connectivity index (χ3v) is 3.26. The molecule has 1 saturated heterocycles. The molecule has 1 aromatic heterocycles. The summed E-state index contributed by atoms with van der Waals surface area (Å²) >= 11 is 0. The first-order valence-electron chi connectivity index (χ1n) is 5.62. The summed E-state index contributed by atoms with van der Waals surface area (Å²) in [7, 11) is 3.99. The van der Waals surface area contributed by atoms with Gasteiger partial charge in [-0.15, -0.1) is 0 Å². The van der Waals surface area contributed by atoms with E-state index in [1.54, 1.807) is 18.7 Å². The molecule has 2 rings (SSSR count). The van der Waals surface area contributed by atoms with E-state index in [0.717, 1.165) is 25.9 Å². The molecule has 0 atom stereocenters. The molecule has 0 aromatic carbocycles. The van der Waals surface area contributed by atoms with Crippen molar-refractivity contribution in [2.24, 2.45) is 0 Å². The normalized spacial score (nSPS) is 18.6. The standard InChI is InChI=1S/C11H18N4O/c1-13-6-3-10(4-7-13)14(2)11(16)15-8-5-12-9-15/h5,8-10H,3-4,6-7H2,1-2H3. The van der Waals surface area contributed by atoms with Crippen LogP contribution in [0.15, 0.2) is 18.7 Å². The summed E-state index contributed by atoms with van der Waals surface area (Å²) in [6.07, 6.45) is 6.96. The molecule has 0 radical (unpaired) electrons. The average Bonchev–Trinajstić information content (AvgIpc) is 2.81.